The molecule has 0 amide bonds. The summed E-state index contributed by atoms with van der Waals surface area (Å²) in [5, 5.41) is 3.86. The molecule has 0 saturated heterocycles. The van der Waals surface area contributed by atoms with Crippen molar-refractivity contribution in [3.05, 3.63) is 41.5 Å². The number of hydrogen-bond acceptors (Lipinski definition) is 5. The van der Waals surface area contributed by atoms with Gasteiger partial charge < -0.3 is 11.1 Å². The molecule has 1 unspecified atom stereocenters. The molecule has 1 aromatic heterocycles. The van der Waals surface area contributed by atoms with Gasteiger partial charge in [-0.3, -0.25) is 0 Å². The van der Waals surface area contributed by atoms with Crippen molar-refractivity contribution >= 4 is 16.7 Å². The van der Waals surface area contributed by atoms with Crippen LogP contribution in [0.15, 0.2) is 24.3 Å². The molecule has 1 atom stereocenters. The average molecular weight is 266 g/mol. The van der Waals surface area contributed by atoms with E-state index in [1.54, 1.807) is 6.07 Å². The first-order valence-corrected chi connectivity index (χ1v) is 6.47. The smallest absolute Gasteiger partial charge is 0.202 e. The van der Waals surface area contributed by atoms with E-state index in [0.29, 0.717) is 18.8 Å². The topological polar surface area (TPSA) is 63.8 Å². The minimum Gasteiger partial charge on any atom is -0.359 e. The molecule has 0 fully saturated rings. The van der Waals surface area contributed by atoms with Crippen LogP contribution in [-0.2, 0) is 6.42 Å². The lowest BCUT2D eigenvalue weighted by Crippen LogP contribution is -2.25. The third kappa shape index (κ3) is 3.75. The van der Waals surface area contributed by atoms with E-state index in [9.17, 15) is 4.39 Å². The first kappa shape index (κ1) is 12.9. The molecule has 0 aliphatic carbocycles. The van der Waals surface area contributed by atoms with Crippen LogP contribution in [0.3, 0.4) is 0 Å². The summed E-state index contributed by atoms with van der Waals surface area (Å²) in [5.41, 5.74) is 6.51. The highest BCUT2D eigenvalue weighted by atomic mass is 32.1. The van der Waals surface area contributed by atoms with Crippen LogP contribution in [0, 0.1) is 5.82 Å². The van der Waals surface area contributed by atoms with Gasteiger partial charge in [-0.2, -0.15) is 4.37 Å². The number of halogens is 1. The summed E-state index contributed by atoms with van der Waals surface area (Å²) in [5.74, 6) is 0.454. The second-order valence-corrected chi connectivity index (χ2v) is 4.93. The molecule has 18 heavy (non-hydrogen) atoms. The predicted octanol–water partition coefficient (Wildman–Crippen LogP) is 2.03. The second-order valence-electron chi connectivity index (χ2n) is 4.18. The highest BCUT2D eigenvalue weighted by Gasteiger charge is 2.06. The van der Waals surface area contributed by atoms with E-state index in [-0.39, 0.29) is 11.9 Å². The molecule has 0 aliphatic rings. The van der Waals surface area contributed by atoms with Crippen LogP contribution in [0.5, 0.6) is 0 Å². The monoisotopic (exact) mass is 266 g/mol. The fourth-order valence-electron chi connectivity index (χ4n) is 1.48. The summed E-state index contributed by atoms with van der Waals surface area (Å²) in [4.78, 5) is 4.33. The lowest BCUT2D eigenvalue weighted by Gasteiger charge is -2.04. The maximum absolute atomic E-state index is 13.0. The van der Waals surface area contributed by atoms with Gasteiger partial charge in [0.1, 0.15) is 11.6 Å². The van der Waals surface area contributed by atoms with Crippen LogP contribution in [0.4, 0.5) is 9.52 Å². The Bertz CT molecular complexity index is 512. The Morgan fingerprint density at radius 1 is 1.50 bits per heavy atom. The number of hydrogen-bond donors (Lipinski definition) is 2. The molecule has 0 saturated carbocycles. The number of aromatic nitrogens is 2. The number of benzene rings is 1. The summed E-state index contributed by atoms with van der Waals surface area (Å²) in [6.07, 6.45) is 0.536. The van der Waals surface area contributed by atoms with Crippen molar-refractivity contribution < 1.29 is 4.39 Å². The predicted molar refractivity (Wildman–Crippen MR) is 71.3 cm³/mol. The minimum absolute atomic E-state index is 0.0700. The third-order valence-electron chi connectivity index (χ3n) is 2.29. The molecular formula is C12H15FN4S. The largest absolute Gasteiger partial charge is 0.359 e. The molecule has 1 aromatic carbocycles. The first-order valence-electron chi connectivity index (χ1n) is 5.70. The summed E-state index contributed by atoms with van der Waals surface area (Å²) in [7, 11) is 0. The maximum atomic E-state index is 13.0. The lowest BCUT2D eigenvalue weighted by atomic mass is 10.1. The Morgan fingerprint density at radius 2 is 2.33 bits per heavy atom. The van der Waals surface area contributed by atoms with E-state index in [0.717, 1.165) is 10.7 Å². The maximum Gasteiger partial charge on any atom is 0.202 e. The van der Waals surface area contributed by atoms with Crippen molar-refractivity contribution in [3.8, 4) is 0 Å². The fraction of sp³-hybridized carbons (Fsp3) is 0.333. The molecule has 1 heterocycles. The molecule has 0 aliphatic heterocycles. The van der Waals surface area contributed by atoms with Crippen molar-refractivity contribution in [2.24, 2.45) is 5.73 Å². The summed E-state index contributed by atoms with van der Waals surface area (Å²) in [6, 6.07) is 6.54. The van der Waals surface area contributed by atoms with Gasteiger partial charge in [-0.25, -0.2) is 9.37 Å². The van der Waals surface area contributed by atoms with Gasteiger partial charge in [-0.15, -0.1) is 0 Å². The van der Waals surface area contributed by atoms with Gasteiger partial charge in [0, 0.05) is 30.5 Å². The van der Waals surface area contributed by atoms with E-state index in [1.165, 1.54) is 23.7 Å². The van der Waals surface area contributed by atoms with E-state index in [2.05, 4.69) is 14.7 Å². The molecule has 6 heteroatoms. The molecule has 0 spiro atoms. The summed E-state index contributed by atoms with van der Waals surface area (Å²) in [6.45, 7) is 2.58. The molecule has 96 valence electrons. The minimum atomic E-state index is -0.238. The Labute approximate surface area is 109 Å². The van der Waals surface area contributed by atoms with Crippen LogP contribution < -0.4 is 11.1 Å². The van der Waals surface area contributed by atoms with Crippen molar-refractivity contribution in [2.75, 3.05) is 11.9 Å². The molecule has 2 aromatic rings. The Kier molecular flexibility index (Phi) is 4.22. The van der Waals surface area contributed by atoms with Gasteiger partial charge in [0.05, 0.1) is 0 Å². The van der Waals surface area contributed by atoms with E-state index in [1.807, 2.05) is 13.0 Å². The summed E-state index contributed by atoms with van der Waals surface area (Å²) >= 11 is 1.29. The highest BCUT2D eigenvalue weighted by Crippen LogP contribution is 2.14. The number of anilines is 1. The normalized spacial score (nSPS) is 12.4. The van der Waals surface area contributed by atoms with E-state index in [4.69, 9.17) is 5.73 Å². The Hall–Kier alpha value is -1.53. The fourth-order valence-corrected chi connectivity index (χ4v) is 2.07. The van der Waals surface area contributed by atoms with Crippen molar-refractivity contribution in [1.29, 1.82) is 0 Å². The van der Waals surface area contributed by atoms with Crippen molar-refractivity contribution in [2.45, 2.75) is 19.4 Å². The van der Waals surface area contributed by atoms with Crippen LogP contribution in [0.25, 0.3) is 0 Å². The van der Waals surface area contributed by atoms with E-state index >= 15 is 0 Å². The molecule has 0 bridgehead atoms. The molecule has 3 N–H and O–H groups in total. The number of nitrogens with two attached hydrogens (primary N) is 1. The zero-order valence-electron chi connectivity index (χ0n) is 10.1. The van der Waals surface area contributed by atoms with Crippen molar-refractivity contribution in [3.63, 3.8) is 0 Å². The van der Waals surface area contributed by atoms with Gasteiger partial charge in [0.25, 0.3) is 0 Å². The van der Waals surface area contributed by atoms with Crippen LogP contribution in [0.1, 0.15) is 18.3 Å². The molecule has 2 rings (SSSR count). The van der Waals surface area contributed by atoms with Gasteiger partial charge in [0.2, 0.25) is 5.13 Å². The van der Waals surface area contributed by atoms with Gasteiger partial charge in [-0.1, -0.05) is 12.1 Å². The molecule has 4 nitrogen and oxygen atoms in total. The summed E-state index contributed by atoms with van der Waals surface area (Å²) < 4.78 is 17.2. The van der Waals surface area contributed by atoms with Crippen LogP contribution >= 0.6 is 11.5 Å². The van der Waals surface area contributed by atoms with Crippen LogP contribution in [0.2, 0.25) is 0 Å². The van der Waals surface area contributed by atoms with Gasteiger partial charge in [0.15, 0.2) is 0 Å². The molecule has 0 radical (unpaired) electrons. The third-order valence-corrected chi connectivity index (χ3v) is 3.01. The number of rotatable bonds is 5. The zero-order valence-corrected chi connectivity index (χ0v) is 10.9. The average Bonchev–Trinajstić information content (AvgIpc) is 2.74. The standard InChI is InChI=1S/C12H15FN4S/c1-8(14)7-15-12-16-11(17-18-12)6-9-3-2-4-10(13)5-9/h2-5,8H,6-7,14H2,1H3,(H,15,16,17). The quantitative estimate of drug-likeness (QED) is 0.869. The Morgan fingerprint density at radius 3 is 3.06 bits per heavy atom. The Balaban J connectivity index is 1.98. The van der Waals surface area contributed by atoms with Crippen LogP contribution in [-0.4, -0.2) is 21.9 Å². The zero-order chi connectivity index (χ0) is 13.0. The van der Waals surface area contributed by atoms with E-state index < -0.39 is 0 Å². The highest BCUT2D eigenvalue weighted by molar-refractivity contribution is 7.09. The van der Waals surface area contributed by atoms with Gasteiger partial charge >= 0.3 is 0 Å². The lowest BCUT2D eigenvalue weighted by molar-refractivity contribution is 0.626. The molecular weight excluding hydrogens is 251 g/mol. The SMILES string of the molecule is CC(N)CNc1nc(Cc2cccc(F)c2)ns1. The first-order chi connectivity index (χ1) is 8.63. The number of nitrogens with one attached hydrogen (secondary N) is 1. The second kappa shape index (κ2) is 5.88. The van der Waals surface area contributed by atoms with Crippen molar-refractivity contribution in [1.82, 2.24) is 9.36 Å². The van der Waals surface area contributed by atoms with Gasteiger partial charge in [-0.05, 0) is 24.6 Å². The number of nitrogens with zero attached hydrogens (tertiary/aromatic N) is 2.